The molecule has 4 heteroatoms. The molecule has 2 fully saturated rings. The molecule has 2 aromatic carbocycles. The van der Waals surface area contributed by atoms with E-state index in [9.17, 15) is 4.79 Å². The van der Waals surface area contributed by atoms with Crippen molar-refractivity contribution in [3.05, 3.63) is 70.8 Å². The number of piperidine rings is 2. The van der Waals surface area contributed by atoms with Crippen LogP contribution in [0.15, 0.2) is 48.5 Å². The molecule has 1 amide bonds. The molecule has 0 saturated carbocycles. The fraction of sp³-hybridized carbons (Fsp3) is 0.519. The first-order chi connectivity index (χ1) is 15.2. The van der Waals surface area contributed by atoms with Gasteiger partial charge >= 0.3 is 0 Å². The Morgan fingerprint density at radius 2 is 1.58 bits per heavy atom. The number of likely N-dealkylation sites (tertiary alicyclic amines) is 2. The van der Waals surface area contributed by atoms with Gasteiger partial charge in [0.25, 0.3) is 0 Å². The molecular formula is C27H37N3O. The summed E-state index contributed by atoms with van der Waals surface area (Å²) in [5.41, 5.74) is 5.18. The molecule has 0 bridgehead atoms. The molecule has 4 nitrogen and oxygen atoms in total. The highest BCUT2D eigenvalue weighted by Crippen LogP contribution is 2.20. The lowest BCUT2D eigenvalue weighted by atomic mass is 9.96. The smallest absolute Gasteiger partial charge is 0.224 e. The zero-order chi connectivity index (χ0) is 21.5. The third-order valence-electron chi connectivity index (χ3n) is 6.72. The highest BCUT2D eigenvalue weighted by atomic mass is 16.1. The van der Waals surface area contributed by atoms with E-state index < -0.39 is 0 Å². The first kappa shape index (κ1) is 22.0. The molecule has 2 aliphatic heterocycles. The Balaban J connectivity index is 1.26. The molecule has 1 unspecified atom stereocenters. The summed E-state index contributed by atoms with van der Waals surface area (Å²) in [4.78, 5) is 17.8. The normalized spacial score (nSPS) is 20.5. The van der Waals surface area contributed by atoms with E-state index >= 15 is 0 Å². The maximum absolute atomic E-state index is 12.9. The van der Waals surface area contributed by atoms with Crippen molar-refractivity contribution in [3.8, 4) is 0 Å². The fourth-order valence-electron chi connectivity index (χ4n) is 4.91. The molecule has 166 valence electrons. The van der Waals surface area contributed by atoms with Gasteiger partial charge in [-0.1, -0.05) is 60.5 Å². The van der Waals surface area contributed by atoms with Crippen LogP contribution in [0.3, 0.4) is 0 Å². The second-order valence-electron chi connectivity index (χ2n) is 9.43. The number of aryl methyl sites for hydroxylation is 1. The number of benzene rings is 2. The van der Waals surface area contributed by atoms with Crippen LogP contribution in [0.25, 0.3) is 0 Å². The number of amides is 1. The minimum atomic E-state index is 0.0933. The lowest BCUT2D eigenvalue weighted by Gasteiger charge is -2.32. The molecule has 31 heavy (non-hydrogen) atoms. The summed E-state index contributed by atoms with van der Waals surface area (Å²) in [7, 11) is 0. The molecule has 0 aliphatic carbocycles. The van der Waals surface area contributed by atoms with Gasteiger partial charge in [0, 0.05) is 26.2 Å². The van der Waals surface area contributed by atoms with Gasteiger partial charge in [0.05, 0.1) is 5.92 Å². The Labute approximate surface area is 187 Å². The van der Waals surface area contributed by atoms with E-state index in [1.165, 1.54) is 54.6 Å². The van der Waals surface area contributed by atoms with Crippen molar-refractivity contribution in [1.29, 1.82) is 0 Å². The number of carbonyl (C=O) groups is 1. The zero-order valence-electron chi connectivity index (χ0n) is 19.0. The first-order valence-corrected chi connectivity index (χ1v) is 12.0. The molecule has 1 N–H and O–H groups in total. The molecule has 2 aromatic rings. The Morgan fingerprint density at radius 3 is 2.39 bits per heavy atom. The molecule has 2 saturated heterocycles. The standard InChI is InChI=1S/C27H37N3O/c1-22-10-12-23(13-11-22)19-30-16-6-9-26(21-30)27(31)28-18-24-7-5-8-25(17-24)20-29-14-3-2-4-15-29/h5,7-8,10-13,17,26H,2-4,6,9,14-16,18-21H2,1H3,(H,28,31). The van der Waals surface area contributed by atoms with Crippen molar-refractivity contribution in [2.45, 2.75) is 58.7 Å². The second kappa shape index (κ2) is 10.9. The van der Waals surface area contributed by atoms with E-state index in [0.717, 1.165) is 39.0 Å². The van der Waals surface area contributed by atoms with Gasteiger partial charge in [-0.25, -0.2) is 0 Å². The van der Waals surface area contributed by atoms with E-state index in [4.69, 9.17) is 0 Å². The summed E-state index contributed by atoms with van der Waals surface area (Å²) in [5, 5.41) is 3.21. The number of nitrogens with one attached hydrogen (secondary N) is 1. The molecule has 2 aliphatic rings. The first-order valence-electron chi connectivity index (χ1n) is 12.0. The minimum Gasteiger partial charge on any atom is -0.352 e. The average Bonchev–Trinajstić information content (AvgIpc) is 2.80. The number of nitrogens with zero attached hydrogens (tertiary/aromatic N) is 2. The molecular weight excluding hydrogens is 382 g/mol. The van der Waals surface area contributed by atoms with E-state index in [-0.39, 0.29) is 11.8 Å². The van der Waals surface area contributed by atoms with Gasteiger partial charge in [-0.3, -0.25) is 14.6 Å². The van der Waals surface area contributed by atoms with Crippen LogP contribution in [0.5, 0.6) is 0 Å². The lowest BCUT2D eigenvalue weighted by Crippen LogP contribution is -2.42. The van der Waals surface area contributed by atoms with E-state index in [1.807, 2.05) is 0 Å². The highest BCUT2D eigenvalue weighted by Gasteiger charge is 2.25. The molecule has 0 radical (unpaired) electrons. The molecule has 2 heterocycles. The van der Waals surface area contributed by atoms with Crippen LogP contribution in [-0.4, -0.2) is 41.9 Å². The number of hydrogen-bond acceptors (Lipinski definition) is 3. The second-order valence-corrected chi connectivity index (χ2v) is 9.43. The monoisotopic (exact) mass is 419 g/mol. The van der Waals surface area contributed by atoms with Crippen LogP contribution in [0, 0.1) is 12.8 Å². The van der Waals surface area contributed by atoms with E-state index in [2.05, 4.69) is 70.6 Å². The predicted molar refractivity (Wildman–Crippen MR) is 127 cm³/mol. The zero-order valence-corrected chi connectivity index (χ0v) is 19.0. The fourth-order valence-corrected chi connectivity index (χ4v) is 4.91. The Hall–Kier alpha value is -2.17. The predicted octanol–water partition coefficient (Wildman–Crippen LogP) is 4.51. The minimum absolute atomic E-state index is 0.0933. The van der Waals surface area contributed by atoms with Crippen LogP contribution >= 0.6 is 0 Å². The summed E-state index contributed by atoms with van der Waals surface area (Å²) in [6.45, 7) is 9.06. The maximum Gasteiger partial charge on any atom is 0.224 e. The molecule has 1 atom stereocenters. The molecule has 0 spiro atoms. The van der Waals surface area contributed by atoms with Crippen LogP contribution in [0.1, 0.15) is 54.4 Å². The summed E-state index contributed by atoms with van der Waals surface area (Å²) in [5.74, 6) is 0.297. The van der Waals surface area contributed by atoms with E-state index in [0.29, 0.717) is 6.54 Å². The van der Waals surface area contributed by atoms with Crippen molar-refractivity contribution in [2.75, 3.05) is 26.2 Å². The van der Waals surface area contributed by atoms with E-state index in [1.54, 1.807) is 0 Å². The van der Waals surface area contributed by atoms with Gasteiger partial charge in [-0.2, -0.15) is 0 Å². The summed E-state index contributed by atoms with van der Waals surface area (Å²) < 4.78 is 0. The Kier molecular flexibility index (Phi) is 7.76. The Morgan fingerprint density at radius 1 is 0.871 bits per heavy atom. The van der Waals surface area contributed by atoms with Gasteiger partial charge in [-0.15, -0.1) is 0 Å². The van der Waals surface area contributed by atoms with Crippen LogP contribution in [0.2, 0.25) is 0 Å². The van der Waals surface area contributed by atoms with Gasteiger partial charge in [0.1, 0.15) is 0 Å². The van der Waals surface area contributed by atoms with Crippen molar-refractivity contribution >= 4 is 5.91 Å². The van der Waals surface area contributed by atoms with Crippen LogP contribution in [0.4, 0.5) is 0 Å². The third-order valence-corrected chi connectivity index (χ3v) is 6.72. The van der Waals surface area contributed by atoms with Crippen molar-refractivity contribution in [3.63, 3.8) is 0 Å². The maximum atomic E-state index is 12.9. The number of rotatable bonds is 7. The van der Waals surface area contributed by atoms with Crippen molar-refractivity contribution < 1.29 is 4.79 Å². The number of hydrogen-bond donors (Lipinski definition) is 1. The summed E-state index contributed by atoms with van der Waals surface area (Å²) in [6.07, 6.45) is 6.09. The molecule has 4 rings (SSSR count). The van der Waals surface area contributed by atoms with Crippen molar-refractivity contribution in [1.82, 2.24) is 15.1 Å². The SMILES string of the molecule is Cc1ccc(CN2CCCC(C(=O)NCc3cccc(CN4CCCCC4)c3)C2)cc1. The molecule has 0 aromatic heterocycles. The number of carbonyl (C=O) groups excluding carboxylic acids is 1. The summed E-state index contributed by atoms with van der Waals surface area (Å²) >= 11 is 0. The Bertz CT molecular complexity index is 842. The van der Waals surface area contributed by atoms with Gasteiger partial charge in [0.2, 0.25) is 5.91 Å². The lowest BCUT2D eigenvalue weighted by molar-refractivity contribution is -0.126. The average molecular weight is 420 g/mol. The van der Waals surface area contributed by atoms with Crippen LogP contribution < -0.4 is 5.32 Å². The largest absolute Gasteiger partial charge is 0.352 e. The quantitative estimate of drug-likeness (QED) is 0.717. The third kappa shape index (κ3) is 6.65. The van der Waals surface area contributed by atoms with Gasteiger partial charge in [0.15, 0.2) is 0 Å². The highest BCUT2D eigenvalue weighted by molar-refractivity contribution is 5.79. The van der Waals surface area contributed by atoms with Gasteiger partial charge in [-0.05, 0) is 68.9 Å². The van der Waals surface area contributed by atoms with Gasteiger partial charge < -0.3 is 5.32 Å². The topological polar surface area (TPSA) is 35.6 Å². The van der Waals surface area contributed by atoms with Crippen molar-refractivity contribution in [2.24, 2.45) is 5.92 Å². The summed E-state index contributed by atoms with van der Waals surface area (Å²) in [6, 6.07) is 17.5. The van der Waals surface area contributed by atoms with Crippen LogP contribution in [-0.2, 0) is 24.4 Å².